The monoisotopic (exact) mass is 204 g/mol. The van der Waals surface area contributed by atoms with Gasteiger partial charge in [-0.3, -0.25) is 4.79 Å². The number of rotatable bonds is 2. The van der Waals surface area contributed by atoms with Crippen LogP contribution in [0.1, 0.15) is 31.1 Å². The van der Waals surface area contributed by atoms with Crippen molar-refractivity contribution in [2.24, 2.45) is 10.5 Å². The number of nitrogens with one attached hydrogen (secondary N) is 1. The highest BCUT2D eigenvalue weighted by Crippen LogP contribution is 2.07. The molecule has 3 heteroatoms. The maximum atomic E-state index is 11.5. The zero-order valence-electron chi connectivity index (χ0n) is 9.32. The highest BCUT2D eigenvalue weighted by molar-refractivity contribution is 5.94. The first kappa shape index (κ1) is 11.4. The van der Waals surface area contributed by atoms with E-state index >= 15 is 0 Å². The maximum Gasteiger partial charge on any atom is 0.271 e. The molecule has 1 aromatic rings. The van der Waals surface area contributed by atoms with Crippen molar-refractivity contribution in [2.45, 2.75) is 20.8 Å². The summed E-state index contributed by atoms with van der Waals surface area (Å²) < 4.78 is 0. The minimum absolute atomic E-state index is 0.0238. The van der Waals surface area contributed by atoms with E-state index in [1.807, 2.05) is 39.0 Å². The SMILES string of the molecule is CC(C)(C)C=NNC(=O)c1ccccc1. The van der Waals surface area contributed by atoms with Gasteiger partial charge in [-0.25, -0.2) is 5.43 Å². The molecule has 0 radical (unpaired) electrons. The largest absolute Gasteiger partial charge is 0.271 e. The van der Waals surface area contributed by atoms with Gasteiger partial charge in [0, 0.05) is 11.8 Å². The van der Waals surface area contributed by atoms with Crippen molar-refractivity contribution in [1.29, 1.82) is 0 Å². The van der Waals surface area contributed by atoms with Crippen LogP contribution in [0.25, 0.3) is 0 Å². The number of hydrazone groups is 1. The Morgan fingerprint density at radius 1 is 1.27 bits per heavy atom. The molecular formula is C12H16N2O. The van der Waals surface area contributed by atoms with E-state index in [9.17, 15) is 4.79 Å². The summed E-state index contributed by atoms with van der Waals surface area (Å²) in [4.78, 5) is 11.5. The van der Waals surface area contributed by atoms with Crippen molar-refractivity contribution in [2.75, 3.05) is 0 Å². The molecule has 0 aliphatic rings. The van der Waals surface area contributed by atoms with Crippen molar-refractivity contribution >= 4 is 12.1 Å². The molecule has 3 nitrogen and oxygen atoms in total. The lowest BCUT2D eigenvalue weighted by atomic mass is 9.99. The predicted molar refractivity (Wildman–Crippen MR) is 61.9 cm³/mol. The lowest BCUT2D eigenvalue weighted by molar-refractivity contribution is 0.0955. The van der Waals surface area contributed by atoms with Gasteiger partial charge in [0.15, 0.2) is 0 Å². The van der Waals surface area contributed by atoms with Gasteiger partial charge < -0.3 is 0 Å². The number of benzene rings is 1. The third kappa shape index (κ3) is 4.40. The molecule has 1 aromatic carbocycles. The molecule has 0 unspecified atom stereocenters. The summed E-state index contributed by atoms with van der Waals surface area (Å²) in [5.41, 5.74) is 3.08. The predicted octanol–water partition coefficient (Wildman–Crippen LogP) is 2.45. The highest BCUT2D eigenvalue weighted by Gasteiger charge is 2.06. The van der Waals surface area contributed by atoms with E-state index in [0.717, 1.165) is 0 Å². The molecule has 15 heavy (non-hydrogen) atoms. The molecule has 0 bridgehead atoms. The van der Waals surface area contributed by atoms with Gasteiger partial charge >= 0.3 is 0 Å². The van der Waals surface area contributed by atoms with Gasteiger partial charge in [0.25, 0.3) is 5.91 Å². The van der Waals surface area contributed by atoms with Gasteiger partial charge in [-0.05, 0) is 17.5 Å². The molecule has 0 spiro atoms. The van der Waals surface area contributed by atoms with Gasteiger partial charge in [0.05, 0.1) is 0 Å². The molecule has 0 aromatic heterocycles. The molecule has 0 atom stereocenters. The zero-order valence-corrected chi connectivity index (χ0v) is 9.32. The molecule has 0 heterocycles. The van der Waals surface area contributed by atoms with Gasteiger partial charge in [0.2, 0.25) is 0 Å². The lowest BCUT2D eigenvalue weighted by Gasteiger charge is -2.09. The number of amides is 1. The smallest absolute Gasteiger partial charge is 0.267 e. The third-order valence-electron chi connectivity index (χ3n) is 1.65. The Kier molecular flexibility index (Phi) is 3.61. The summed E-state index contributed by atoms with van der Waals surface area (Å²) in [5.74, 6) is -0.184. The number of carbonyl (C=O) groups excluding carboxylic acids is 1. The van der Waals surface area contributed by atoms with E-state index in [1.165, 1.54) is 0 Å². The highest BCUT2D eigenvalue weighted by atomic mass is 16.2. The Bertz CT molecular complexity index is 350. The van der Waals surface area contributed by atoms with E-state index in [1.54, 1.807) is 18.3 Å². The van der Waals surface area contributed by atoms with Crippen LogP contribution in [0.2, 0.25) is 0 Å². The summed E-state index contributed by atoms with van der Waals surface area (Å²) >= 11 is 0. The average molecular weight is 204 g/mol. The van der Waals surface area contributed by atoms with E-state index < -0.39 is 0 Å². The number of hydrogen-bond donors (Lipinski definition) is 1. The van der Waals surface area contributed by atoms with E-state index in [4.69, 9.17) is 0 Å². The van der Waals surface area contributed by atoms with Crippen molar-refractivity contribution < 1.29 is 4.79 Å². The summed E-state index contributed by atoms with van der Waals surface area (Å²) in [6.07, 6.45) is 1.72. The van der Waals surface area contributed by atoms with Crippen LogP contribution >= 0.6 is 0 Å². The molecule has 1 amide bonds. The second kappa shape index (κ2) is 4.73. The van der Waals surface area contributed by atoms with Crippen LogP contribution in [0.3, 0.4) is 0 Å². The van der Waals surface area contributed by atoms with Crippen LogP contribution in [0.4, 0.5) is 0 Å². The standard InChI is InChI=1S/C12H16N2O/c1-12(2,3)9-13-14-11(15)10-7-5-4-6-8-10/h4-9H,1-3H3,(H,14,15). The molecule has 0 saturated carbocycles. The number of nitrogens with zero attached hydrogens (tertiary/aromatic N) is 1. The van der Waals surface area contributed by atoms with Crippen molar-refractivity contribution in [3.63, 3.8) is 0 Å². The first-order valence-electron chi connectivity index (χ1n) is 4.89. The van der Waals surface area contributed by atoms with Crippen molar-refractivity contribution in [3.05, 3.63) is 35.9 Å². The van der Waals surface area contributed by atoms with Crippen LogP contribution in [0.15, 0.2) is 35.4 Å². The topological polar surface area (TPSA) is 41.5 Å². The first-order valence-corrected chi connectivity index (χ1v) is 4.89. The molecule has 80 valence electrons. The quantitative estimate of drug-likeness (QED) is 0.583. The zero-order chi connectivity index (χ0) is 11.3. The van der Waals surface area contributed by atoms with Gasteiger partial charge in [0.1, 0.15) is 0 Å². The second-order valence-corrected chi connectivity index (χ2v) is 4.43. The van der Waals surface area contributed by atoms with Crippen LogP contribution in [0.5, 0.6) is 0 Å². The summed E-state index contributed by atoms with van der Waals surface area (Å²) in [6.45, 7) is 6.06. The molecular weight excluding hydrogens is 188 g/mol. The molecule has 0 fully saturated rings. The van der Waals surface area contributed by atoms with Crippen LogP contribution < -0.4 is 5.43 Å². The Hall–Kier alpha value is -1.64. The second-order valence-electron chi connectivity index (χ2n) is 4.43. The van der Waals surface area contributed by atoms with E-state index in [2.05, 4.69) is 10.5 Å². The molecule has 0 saturated heterocycles. The van der Waals surface area contributed by atoms with Crippen molar-refractivity contribution in [3.8, 4) is 0 Å². The van der Waals surface area contributed by atoms with Gasteiger partial charge in [-0.15, -0.1) is 0 Å². The molecule has 1 rings (SSSR count). The molecule has 1 N–H and O–H groups in total. The molecule has 0 aliphatic carbocycles. The fourth-order valence-electron chi connectivity index (χ4n) is 0.939. The fraction of sp³-hybridized carbons (Fsp3) is 0.333. The summed E-state index contributed by atoms with van der Waals surface area (Å²) in [7, 11) is 0. The Labute approximate surface area is 90.2 Å². The Morgan fingerprint density at radius 2 is 1.87 bits per heavy atom. The van der Waals surface area contributed by atoms with Gasteiger partial charge in [-0.1, -0.05) is 39.0 Å². The van der Waals surface area contributed by atoms with Crippen LogP contribution in [-0.4, -0.2) is 12.1 Å². The average Bonchev–Trinajstić information content (AvgIpc) is 2.17. The maximum absolute atomic E-state index is 11.5. The van der Waals surface area contributed by atoms with Crippen molar-refractivity contribution in [1.82, 2.24) is 5.43 Å². The third-order valence-corrected chi connectivity index (χ3v) is 1.65. The van der Waals surface area contributed by atoms with E-state index in [0.29, 0.717) is 5.56 Å². The number of hydrogen-bond acceptors (Lipinski definition) is 2. The summed E-state index contributed by atoms with van der Waals surface area (Å²) in [5, 5.41) is 3.89. The van der Waals surface area contributed by atoms with E-state index in [-0.39, 0.29) is 11.3 Å². The minimum atomic E-state index is -0.184. The van der Waals surface area contributed by atoms with Crippen LogP contribution in [0, 0.1) is 5.41 Å². The first-order chi connectivity index (χ1) is 6.99. The Balaban J connectivity index is 2.55. The fourth-order valence-corrected chi connectivity index (χ4v) is 0.939. The normalized spacial score (nSPS) is 11.7. The Morgan fingerprint density at radius 3 is 2.40 bits per heavy atom. The lowest BCUT2D eigenvalue weighted by Crippen LogP contribution is -2.19. The van der Waals surface area contributed by atoms with Gasteiger partial charge in [-0.2, -0.15) is 5.10 Å². The summed E-state index contributed by atoms with van der Waals surface area (Å²) in [6, 6.07) is 9.02. The number of carbonyl (C=O) groups is 1. The minimum Gasteiger partial charge on any atom is -0.267 e. The molecule has 0 aliphatic heterocycles. The van der Waals surface area contributed by atoms with Crippen LogP contribution in [-0.2, 0) is 0 Å².